The van der Waals surface area contributed by atoms with E-state index >= 15 is 0 Å². The smallest absolute Gasteiger partial charge is 0.257 e. The molecule has 0 saturated carbocycles. The van der Waals surface area contributed by atoms with Crippen LogP contribution in [0.1, 0.15) is 49.4 Å². The van der Waals surface area contributed by atoms with Crippen LogP contribution in [0.2, 0.25) is 0 Å². The minimum atomic E-state index is -0.474. The Labute approximate surface area is 119 Å². The second kappa shape index (κ2) is 6.84. The summed E-state index contributed by atoms with van der Waals surface area (Å²) >= 11 is 0. The lowest BCUT2D eigenvalue weighted by Crippen LogP contribution is -2.41. The molecule has 0 radical (unpaired) electrons. The summed E-state index contributed by atoms with van der Waals surface area (Å²) in [6.45, 7) is 2.38. The third-order valence-corrected chi connectivity index (χ3v) is 3.86. The number of rotatable bonds is 3. The van der Waals surface area contributed by atoms with Crippen molar-refractivity contribution in [2.75, 3.05) is 6.54 Å². The molecule has 0 aromatic heterocycles. The van der Waals surface area contributed by atoms with Gasteiger partial charge in [0.05, 0.1) is 11.7 Å². The molecule has 1 aromatic carbocycles. The van der Waals surface area contributed by atoms with Crippen LogP contribution in [0.25, 0.3) is 0 Å². The van der Waals surface area contributed by atoms with E-state index in [1.165, 1.54) is 12.1 Å². The van der Waals surface area contributed by atoms with Crippen molar-refractivity contribution in [1.82, 2.24) is 4.90 Å². The number of benzene rings is 1. The Morgan fingerprint density at radius 3 is 2.85 bits per heavy atom. The Morgan fingerprint density at radius 2 is 2.15 bits per heavy atom. The highest BCUT2D eigenvalue weighted by molar-refractivity contribution is 5.94. The van der Waals surface area contributed by atoms with Crippen LogP contribution in [0.4, 0.5) is 4.39 Å². The SMILES string of the molecule is CC(O)CC1CCCCCN1C(=O)c1ccccc1F. The Hall–Kier alpha value is -1.42. The van der Waals surface area contributed by atoms with Crippen LogP contribution in [0, 0.1) is 5.82 Å². The maximum atomic E-state index is 13.8. The van der Waals surface area contributed by atoms with Gasteiger partial charge in [0.1, 0.15) is 5.82 Å². The third kappa shape index (κ3) is 3.57. The first-order valence-corrected chi connectivity index (χ1v) is 7.33. The number of likely N-dealkylation sites (tertiary alicyclic amines) is 1. The normalized spacial score (nSPS) is 21.4. The molecule has 0 aliphatic carbocycles. The van der Waals surface area contributed by atoms with Crippen LogP contribution >= 0.6 is 0 Å². The van der Waals surface area contributed by atoms with Gasteiger partial charge in [-0.15, -0.1) is 0 Å². The molecule has 1 saturated heterocycles. The van der Waals surface area contributed by atoms with Gasteiger partial charge in [0, 0.05) is 12.6 Å². The molecule has 3 nitrogen and oxygen atoms in total. The topological polar surface area (TPSA) is 40.5 Å². The van der Waals surface area contributed by atoms with Crippen molar-refractivity contribution in [2.45, 2.75) is 51.2 Å². The third-order valence-electron chi connectivity index (χ3n) is 3.86. The second-order valence-electron chi connectivity index (χ2n) is 5.57. The number of aliphatic hydroxyl groups is 1. The molecule has 2 atom stereocenters. The van der Waals surface area contributed by atoms with Crippen molar-refractivity contribution in [2.24, 2.45) is 0 Å². The number of nitrogens with zero attached hydrogens (tertiary/aromatic N) is 1. The Morgan fingerprint density at radius 1 is 1.40 bits per heavy atom. The number of carbonyl (C=O) groups is 1. The standard InChI is InChI=1S/C16H22FNO2/c1-12(19)11-13-7-3-2-6-10-18(13)16(20)14-8-4-5-9-15(14)17/h4-5,8-9,12-13,19H,2-3,6-7,10-11H2,1H3. The van der Waals surface area contributed by atoms with Gasteiger partial charge in [0.15, 0.2) is 0 Å². The van der Waals surface area contributed by atoms with Gasteiger partial charge in [0.25, 0.3) is 5.91 Å². The molecular formula is C16H22FNO2. The average molecular weight is 279 g/mol. The summed E-state index contributed by atoms with van der Waals surface area (Å²) in [5, 5.41) is 9.61. The number of carbonyl (C=O) groups excluding carboxylic acids is 1. The number of aliphatic hydroxyl groups excluding tert-OH is 1. The molecule has 1 aromatic rings. The highest BCUT2D eigenvalue weighted by atomic mass is 19.1. The molecule has 1 fully saturated rings. The van der Waals surface area contributed by atoms with Gasteiger partial charge in [-0.1, -0.05) is 25.0 Å². The van der Waals surface area contributed by atoms with Crippen LogP contribution in [0.5, 0.6) is 0 Å². The van der Waals surface area contributed by atoms with E-state index in [1.807, 2.05) is 0 Å². The van der Waals surface area contributed by atoms with Gasteiger partial charge >= 0.3 is 0 Å². The molecule has 1 aliphatic rings. The minimum absolute atomic E-state index is 0.00426. The van der Waals surface area contributed by atoms with E-state index in [2.05, 4.69) is 0 Å². The second-order valence-corrected chi connectivity index (χ2v) is 5.57. The molecule has 1 aliphatic heterocycles. The molecule has 2 rings (SSSR count). The lowest BCUT2D eigenvalue weighted by molar-refractivity contribution is 0.0603. The average Bonchev–Trinajstić information content (AvgIpc) is 2.63. The van der Waals surface area contributed by atoms with Gasteiger partial charge in [-0.05, 0) is 38.3 Å². The van der Waals surface area contributed by atoms with E-state index in [9.17, 15) is 14.3 Å². The van der Waals surface area contributed by atoms with E-state index in [-0.39, 0.29) is 17.5 Å². The number of hydrogen-bond acceptors (Lipinski definition) is 2. The molecule has 0 bridgehead atoms. The molecule has 20 heavy (non-hydrogen) atoms. The summed E-state index contributed by atoms with van der Waals surface area (Å²) < 4.78 is 13.8. The van der Waals surface area contributed by atoms with Crippen LogP contribution in [-0.4, -0.2) is 34.6 Å². The Balaban J connectivity index is 2.21. The fourth-order valence-electron chi connectivity index (χ4n) is 2.87. The lowest BCUT2D eigenvalue weighted by Gasteiger charge is -2.31. The predicted octanol–water partition coefficient (Wildman–Crippen LogP) is 2.98. The predicted molar refractivity (Wildman–Crippen MR) is 76.0 cm³/mol. The van der Waals surface area contributed by atoms with Gasteiger partial charge in [-0.3, -0.25) is 4.79 Å². The molecular weight excluding hydrogens is 257 g/mol. The molecule has 2 unspecified atom stereocenters. The largest absolute Gasteiger partial charge is 0.393 e. The molecule has 0 spiro atoms. The van der Waals surface area contributed by atoms with E-state index in [1.54, 1.807) is 24.0 Å². The first-order chi connectivity index (χ1) is 9.59. The maximum absolute atomic E-state index is 13.8. The van der Waals surface area contributed by atoms with Crippen LogP contribution < -0.4 is 0 Å². The van der Waals surface area contributed by atoms with E-state index in [0.29, 0.717) is 13.0 Å². The van der Waals surface area contributed by atoms with Crippen LogP contribution in [-0.2, 0) is 0 Å². The summed E-state index contributed by atoms with van der Waals surface area (Å²) in [5.74, 6) is -0.729. The van der Waals surface area contributed by atoms with Crippen molar-refractivity contribution in [1.29, 1.82) is 0 Å². The van der Waals surface area contributed by atoms with Gasteiger partial charge in [0.2, 0.25) is 0 Å². The molecule has 1 amide bonds. The highest BCUT2D eigenvalue weighted by Gasteiger charge is 2.28. The van der Waals surface area contributed by atoms with Gasteiger partial charge < -0.3 is 10.0 Å². The minimum Gasteiger partial charge on any atom is -0.393 e. The number of halogens is 1. The van der Waals surface area contributed by atoms with Gasteiger partial charge in [-0.2, -0.15) is 0 Å². The van der Waals surface area contributed by atoms with Gasteiger partial charge in [-0.25, -0.2) is 4.39 Å². The zero-order valence-electron chi connectivity index (χ0n) is 11.9. The van der Waals surface area contributed by atoms with E-state index < -0.39 is 11.9 Å². The number of amides is 1. The summed E-state index contributed by atoms with van der Waals surface area (Å²) in [6, 6.07) is 6.11. The van der Waals surface area contributed by atoms with E-state index in [0.717, 1.165) is 25.7 Å². The molecule has 1 N–H and O–H groups in total. The fourth-order valence-corrected chi connectivity index (χ4v) is 2.87. The quantitative estimate of drug-likeness (QED) is 0.924. The Kier molecular flexibility index (Phi) is 5.12. The van der Waals surface area contributed by atoms with Crippen molar-refractivity contribution < 1.29 is 14.3 Å². The van der Waals surface area contributed by atoms with Crippen molar-refractivity contribution in [3.63, 3.8) is 0 Å². The fraction of sp³-hybridized carbons (Fsp3) is 0.562. The molecule has 4 heteroatoms. The molecule has 1 heterocycles. The molecule has 110 valence electrons. The summed E-state index contributed by atoms with van der Waals surface area (Å²) in [5.41, 5.74) is 0.130. The number of hydrogen-bond donors (Lipinski definition) is 1. The summed E-state index contributed by atoms with van der Waals surface area (Å²) in [4.78, 5) is 14.3. The highest BCUT2D eigenvalue weighted by Crippen LogP contribution is 2.23. The van der Waals surface area contributed by atoms with Crippen molar-refractivity contribution in [3.05, 3.63) is 35.6 Å². The lowest BCUT2D eigenvalue weighted by atomic mass is 10.0. The first kappa shape index (κ1) is 15.0. The van der Waals surface area contributed by atoms with Crippen LogP contribution in [0.3, 0.4) is 0 Å². The van der Waals surface area contributed by atoms with Crippen molar-refractivity contribution >= 4 is 5.91 Å². The monoisotopic (exact) mass is 279 g/mol. The summed E-state index contributed by atoms with van der Waals surface area (Å²) in [6.07, 6.45) is 4.06. The zero-order valence-corrected chi connectivity index (χ0v) is 11.9. The Bertz CT molecular complexity index is 462. The van der Waals surface area contributed by atoms with Crippen molar-refractivity contribution in [3.8, 4) is 0 Å². The zero-order chi connectivity index (χ0) is 14.5. The summed E-state index contributed by atoms with van der Waals surface area (Å²) in [7, 11) is 0. The maximum Gasteiger partial charge on any atom is 0.257 e. The first-order valence-electron chi connectivity index (χ1n) is 7.33. The van der Waals surface area contributed by atoms with E-state index in [4.69, 9.17) is 0 Å². The van der Waals surface area contributed by atoms with Crippen LogP contribution in [0.15, 0.2) is 24.3 Å².